The fourth-order valence-electron chi connectivity index (χ4n) is 3.72. The van der Waals surface area contributed by atoms with Gasteiger partial charge in [0, 0.05) is 31.0 Å². The van der Waals surface area contributed by atoms with Crippen molar-refractivity contribution in [1.29, 1.82) is 0 Å². The molecule has 1 aromatic heterocycles. The molecule has 0 saturated carbocycles. The number of oxime groups is 1. The van der Waals surface area contributed by atoms with E-state index < -0.39 is 0 Å². The first kappa shape index (κ1) is 19.4. The molecule has 0 bridgehead atoms. The molecule has 0 amide bonds. The van der Waals surface area contributed by atoms with E-state index in [2.05, 4.69) is 70.9 Å². The summed E-state index contributed by atoms with van der Waals surface area (Å²) in [5.74, 6) is -0.244. The van der Waals surface area contributed by atoms with Gasteiger partial charge >= 0.3 is 5.97 Å². The second kappa shape index (κ2) is 8.62. The van der Waals surface area contributed by atoms with Crippen molar-refractivity contribution in [1.82, 2.24) is 0 Å². The van der Waals surface area contributed by atoms with Crippen LogP contribution in [0.25, 0.3) is 0 Å². The minimum Gasteiger partial charge on any atom is -0.332 e. The molecule has 0 radical (unpaired) electrons. The molecule has 0 N–H and O–H groups in total. The lowest BCUT2D eigenvalue weighted by Gasteiger charge is -2.18. The predicted molar refractivity (Wildman–Crippen MR) is 119 cm³/mol. The Hall–Kier alpha value is -2.92. The van der Waals surface area contributed by atoms with Crippen molar-refractivity contribution in [3.63, 3.8) is 0 Å². The lowest BCUT2D eigenvalue weighted by Crippen LogP contribution is -2.22. The van der Waals surface area contributed by atoms with Crippen LogP contribution in [-0.4, -0.2) is 18.2 Å². The largest absolute Gasteiger partial charge is 0.334 e. The summed E-state index contributed by atoms with van der Waals surface area (Å²) in [4.78, 5) is 19.4. The molecule has 1 aliphatic heterocycles. The standard InChI is InChI=1S/C24H24N2O2S/c1-3-24(27)28-25-21(15-18-10-5-4-9-17(18)2)20-16-26(23-13-8-14-29-23)22-12-7-6-11-19(20)22/h4-14,20H,3,15-16H2,1-2H3/b25-21+. The van der Waals surface area contributed by atoms with Gasteiger partial charge in [0.15, 0.2) is 0 Å². The third-order valence-corrected chi connectivity index (χ3v) is 6.22. The number of nitrogens with zero attached hydrogens (tertiary/aromatic N) is 2. The molecule has 4 nitrogen and oxygen atoms in total. The smallest absolute Gasteiger partial charge is 0.332 e. The molecule has 2 heterocycles. The molecule has 1 atom stereocenters. The molecule has 2 aromatic carbocycles. The second-order valence-corrected chi connectivity index (χ2v) is 8.10. The van der Waals surface area contributed by atoms with Gasteiger partial charge in [-0.2, -0.15) is 0 Å². The van der Waals surface area contributed by atoms with Crippen LogP contribution < -0.4 is 4.90 Å². The van der Waals surface area contributed by atoms with Crippen LogP contribution in [0.4, 0.5) is 10.7 Å². The lowest BCUT2D eigenvalue weighted by atomic mass is 9.91. The number of carbonyl (C=O) groups excluding carboxylic acids is 1. The maximum absolute atomic E-state index is 11.8. The zero-order valence-corrected chi connectivity index (χ0v) is 17.5. The SMILES string of the molecule is CCC(=O)O/N=C(\Cc1ccccc1C)C1CN(c2cccs2)c2ccccc21. The molecule has 1 unspecified atom stereocenters. The first-order valence-corrected chi connectivity index (χ1v) is 10.8. The van der Waals surface area contributed by atoms with Gasteiger partial charge in [0.25, 0.3) is 0 Å². The van der Waals surface area contributed by atoms with Gasteiger partial charge in [0.2, 0.25) is 0 Å². The summed E-state index contributed by atoms with van der Waals surface area (Å²) < 4.78 is 0. The molecule has 3 aromatic rings. The Morgan fingerprint density at radius 1 is 1.14 bits per heavy atom. The highest BCUT2D eigenvalue weighted by molar-refractivity contribution is 7.14. The fraction of sp³-hybridized carbons (Fsp3) is 0.250. The molecular weight excluding hydrogens is 380 g/mol. The van der Waals surface area contributed by atoms with Gasteiger partial charge in [-0.3, -0.25) is 0 Å². The van der Waals surface area contributed by atoms with Gasteiger partial charge in [0.05, 0.1) is 10.7 Å². The summed E-state index contributed by atoms with van der Waals surface area (Å²) >= 11 is 1.73. The molecule has 0 saturated heterocycles. The van der Waals surface area contributed by atoms with E-state index in [0.29, 0.717) is 12.8 Å². The van der Waals surface area contributed by atoms with Gasteiger partial charge < -0.3 is 9.74 Å². The van der Waals surface area contributed by atoms with Gasteiger partial charge in [-0.25, -0.2) is 4.79 Å². The lowest BCUT2D eigenvalue weighted by molar-refractivity contribution is -0.143. The maximum Gasteiger partial charge on any atom is 0.334 e. The zero-order valence-electron chi connectivity index (χ0n) is 16.7. The van der Waals surface area contributed by atoms with Crippen molar-refractivity contribution in [3.05, 3.63) is 82.7 Å². The Labute approximate surface area is 175 Å². The highest BCUT2D eigenvalue weighted by atomic mass is 32.1. The monoisotopic (exact) mass is 404 g/mol. The van der Waals surface area contributed by atoms with Crippen molar-refractivity contribution < 1.29 is 9.63 Å². The Morgan fingerprint density at radius 3 is 2.69 bits per heavy atom. The molecule has 1 aliphatic rings. The van der Waals surface area contributed by atoms with E-state index >= 15 is 0 Å². The normalized spacial score (nSPS) is 16.0. The van der Waals surface area contributed by atoms with Crippen LogP contribution in [0.15, 0.2) is 71.2 Å². The summed E-state index contributed by atoms with van der Waals surface area (Å²) in [7, 11) is 0. The van der Waals surface area contributed by atoms with Crippen molar-refractivity contribution >= 4 is 33.7 Å². The van der Waals surface area contributed by atoms with Crippen molar-refractivity contribution in [2.75, 3.05) is 11.4 Å². The number of anilines is 2. The van der Waals surface area contributed by atoms with Crippen LogP contribution in [0.1, 0.15) is 36.0 Å². The van der Waals surface area contributed by atoms with Crippen molar-refractivity contribution in [3.8, 4) is 0 Å². The average molecular weight is 405 g/mol. The Balaban J connectivity index is 1.72. The number of hydrogen-bond acceptors (Lipinski definition) is 5. The molecule has 0 spiro atoms. The molecule has 148 valence electrons. The minimum atomic E-state index is -0.311. The van der Waals surface area contributed by atoms with Gasteiger partial charge in [-0.15, -0.1) is 11.3 Å². The third-order valence-electron chi connectivity index (χ3n) is 5.33. The predicted octanol–water partition coefficient (Wildman–Crippen LogP) is 5.84. The van der Waals surface area contributed by atoms with E-state index in [1.54, 1.807) is 18.3 Å². The number of rotatable bonds is 6. The van der Waals surface area contributed by atoms with Crippen LogP contribution in [0.2, 0.25) is 0 Å². The highest BCUT2D eigenvalue weighted by Gasteiger charge is 2.33. The van der Waals surface area contributed by atoms with Crippen LogP contribution >= 0.6 is 11.3 Å². The quantitative estimate of drug-likeness (QED) is 0.294. The molecule has 0 fully saturated rings. The molecule has 0 aliphatic carbocycles. The third kappa shape index (κ3) is 4.10. The van der Waals surface area contributed by atoms with E-state index in [1.807, 2.05) is 12.1 Å². The van der Waals surface area contributed by atoms with E-state index in [-0.39, 0.29) is 11.9 Å². The number of fused-ring (bicyclic) bond motifs is 1. The van der Waals surface area contributed by atoms with E-state index in [1.165, 1.54) is 27.4 Å². The molecular formula is C24H24N2O2S. The number of carbonyl (C=O) groups is 1. The Morgan fingerprint density at radius 2 is 1.93 bits per heavy atom. The summed E-state index contributed by atoms with van der Waals surface area (Å²) in [5.41, 5.74) is 5.71. The van der Waals surface area contributed by atoms with Gasteiger partial charge in [-0.1, -0.05) is 54.5 Å². The highest BCUT2D eigenvalue weighted by Crippen LogP contribution is 2.43. The fourth-order valence-corrected chi connectivity index (χ4v) is 4.47. The van der Waals surface area contributed by atoms with Gasteiger partial charge in [-0.05, 0) is 47.2 Å². The first-order chi connectivity index (χ1) is 14.2. The maximum atomic E-state index is 11.8. The first-order valence-electron chi connectivity index (χ1n) is 9.88. The van der Waals surface area contributed by atoms with Crippen LogP contribution in [-0.2, 0) is 16.1 Å². The number of hydrogen-bond donors (Lipinski definition) is 0. The Kier molecular flexibility index (Phi) is 5.76. The summed E-state index contributed by atoms with van der Waals surface area (Å²) in [6.07, 6.45) is 0.963. The van der Waals surface area contributed by atoms with E-state index in [4.69, 9.17) is 4.84 Å². The summed E-state index contributed by atoms with van der Waals surface area (Å²) in [6.45, 7) is 4.67. The summed E-state index contributed by atoms with van der Waals surface area (Å²) in [6, 6.07) is 20.9. The number of aryl methyl sites for hydroxylation is 1. The Bertz CT molecular complexity index is 1030. The molecule has 5 heteroatoms. The average Bonchev–Trinajstić information content (AvgIpc) is 3.40. The van der Waals surface area contributed by atoms with E-state index in [9.17, 15) is 4.79 Å². The van der Waals surface area contributed by atoms with Crippen molar-refractivity contribution in [2.24, 2.45) is 5.16 Å². The molecule has 4 rings (SSSR count). The minimum absolute atomic E-state index is 0.0672. The van der Waals surface area contributed by atoms with Crippen LogP contribution in [0.3, 0.4) is 0 Å². The van der Waals surface area contributed by atoms with Crippen LogP contribution in [0.5, 0.6) is 0 Å². The van der Waals surface area contributed by atoms with Crippen molar-refractivity contribution in [2.45, 2.75) is 32.6 Å². The zero-order chi connectivity index (χ0) is 20.2. The number of thiophene rings is 1. The molecule has 29 heavy (non-hydrogen) atoms. The number of benzene rings is 2. The van der Waals surface area contributed by atoms with Gasteiger partial charge in [0.1, 0.15) is 0 Å². The second-order valence-electron chi connectivity index (χ2n) is 7.18. The van der Waals surface area contributed by atoms with E-state index in [0.717, 1.165) is 12.3 Å². The summed E-state index contributed by atoms with van der Waals surface area (Å²) in [5, 5.41) is 7.67. The van der Waals surface area contributed by atoms with Crippen LogP contribution in [0, 0.1) is 6.92 Å². The topological polar surface area (TPSA) is 41.9 Å². The number of para-hydroxylation sites is 1.